The molecule has 1 aliphatic heterocycles. The first-order valence-electron chi connectivity index (χ1n) is 5.64. The fraction of sp³-hybridized carbons (Fsp3) is 0.636. The maximum Gasteiger partial charge on any atom is 0.144 e. The second kappa shape index (κ2) is 6.40. The number of anilines is 1. The minimum absolute atomic E-state index is 0.302. The molecule has 16 heavy (non-hydrogen) atoms. The molecular weight excluding hydrogens is 206 g/mol. The molecule has 5 heteroatoms. The van der Waals surface area contributed by atoms with E-state index in [0.717, 1.165) is 31.8 Å². The molecule has 1 aliphatic rings. The van der Waals surface area contributed by atoms with Gasteiger partial charge in [-0.05, 0) is 12.8 Å². The third-order valence-corrected chi connectivity index (χ3v) is 2.44. The molecule has 0 amide bonds. The van der Waals surface area contributed by atoms with Crippen LogP contribution in [-0.2, 0) is 9.47 Å². The average molecular weight is 223 g/mol. The number of hydrogen-bond donors (Lipinski definition) is 1. The van der Waals surface area contributed by atoms with Crippen LogP contribution in [0.15, 0.2) is 18.6 Å². The minimum Gasteiger partial charge on any atom is -0.377 e. The monoisotopic (exact) mass is 223 g/mol. The molecule has 0 saturated carbocycles. The molecule has 5 nitrogen and oxygen atoms in total. The Labute approximate surface area is 95.2 Å². The van der Waals surface area contributed by atoms with E-state index >= 15 is 0 Å². The summed E-state index contributed by atoms with van der Waals surface area (Å²) in [6, 6.07) is 0. The van der Waals surface area contributed by atoms with Gasteiger partial charge in [0, 0.05) is 25.5 Å². The predicted molar refractivity (Wildman–Crippen MR) is 60.3 cm³/mol. The van der Waals surface area contributed by atoms with Crippen LogP contribution in [-0.4, -0.2) is 42.4 Å². The van der Waals surface area contributed by atoms with Crippen molar-refractivity contribution in [3.8, 4) is 0 Å². The number of ether oxygens (including phenoxy) is 2. The molecule has 1 aromatic heterocycles. The first kappa shape index (κ1) is 11.3. The van der Waals surface area contributed by atoms with Gasteiger partial charge in [0.15, 0.2) is 0 Å². The highest BCUT2D eigenvalue weighted by Crippen LogP contribution is 2.11. The zero-order valence-corrected chi connectivity index (χ0v) is 9.26. The summed E-state index contributed by atoms with van der Waals surface area (Å²) < 4.78 is 11.0. The Balaban J connectivity index is 1.52. The number of hydrogen-bond acceptors (Lipinski definition) is 5. The Bertz CT molecular complexity index is 289. The van der Waals surface area contributed by atoms with E-state index in [4.69, 9.17) is 9.47 Å². The second-order valence-electron chi connectivity index (χ2n) is 3.73. The highest BCUT2D eigenvalue weighted by atomic mass is 16.5. The van der Waals surface area contributed by atoms with Crippen LogP contribution in [0.2, 0.25) is 0 Å². The molecule has 1 unspecified atom stereocenters. The summed E-state index contributed by atoms with van der Waals surface area (Å²) in [6.07, 6.45) is 7.59. The van der Waals surface area contributed by atoms with E-state index in [2.05, 4.69) is 15.3 Å². The summed E-state index contributed by atoms with van der Waals surface area (Å²) in [6.45, 7) is 2.98. The van der Waals surface area contributed by atoms with Crippen molar-refractivity contribution in [1.29, 1.82) is 0 Å². The van der Waals surface area contributed by atoms with Gasteiger partial charge in [0.25, 0.3) is 0 Å². The van der Waals surface area contributed by atoms with E-state index < -0.39 is 0 Å². The molecule has 2 rings (SSSR count). The van der Waals surface area contributed by atoms with Crippen LogP contribution < -0.4 is 5.32 Å². The highest BCUT2D eigenvalue weighted by Gasteiger charge is 2.14. The van der Waals surface area contributed by atoms with Crippen molar-refractivity contribution in [3.05, 3.63) is 18.6 Å². The normalized spacial score (nSPS) is 19.9. The SMILES string of the molecule is c1cnc(NCCOCC2CCCO2)cn1. The molecule has 0 bridgehead atoms. The lowest BCUT2D eigenvalue weighted by Crippen LogP contribution is -2.18. The number of nitrogens with zero attached hydrogens (tertiary/aromatic N) is 2. The van der Waals surface area contributed by atoms with Gasteiger partial charge in [-0.3, -0.25) is 4.98 Å². The Morgan fingerprint density at radius 2 is 2.50 bits per heavy atom. The van der Waals surface area contributed by atoms with Gasteiger partial charge in [-0.2, -0.15) is 0 Å². The average Bonchev–Trinajstić information content (AvgIpc) is 2.83. The van der Waals surface area contributed by atoms with Gasteiger partial charge in [-0.25, -0.2) is 4.98 Å². The molecule has 2 heterocycles. The molecule has 1 N–H and O–H groups in total. The van der Waals surface area contributed by atoms with Crippen LogP contribution in [0.4, 0.5) is 5.82 Å². The van der Waals surface area contributed by atoms with Gasteiger partial charge >= 0.3 is 0 Å². The Kier molecular flexibility index (Phi) is 4.51. The first-order valence-corrected chi connectivity index (χ1v) is 5.64. The van der Waals surface area contributed by atoms with Crippen LogP contribution in [0.5, 0.6) is 0 Å². The Morgan fingerprint density at radius 3 is 3.25 bits per heavy atom. The van der Waals surface area contributed by atoms with Gasteiger partial charge in [0.05, 0.1) is 25.5 Å². The molecule has 0 aliphatic carbocycles. The van der Waals surface area contributed by atoms with Gasteiger partial charge in [0.1, 0.15) is 5.82 Å². The van der Waals surface area contributed by atoms with E-state index in [9.17, 15) is 0 Å². The molecule has 88 valence electrons. The second-order valence-corrected chi connectivity index (χ2v) is 3.73. The first-order chi connectivity index (χ1) is 7.95. The summed E-state index contributed by atoms with van der Waals surface area (Å²) in [5, 5.41) is 3.13. The molecular formula is C11H17N3O2. The Morgan fingerprint density at radius 1 is 1.50 bits per heavy atom. The maximum atomic E-state index is 5.50. The maximum absolute atomic E-state index is 5.50. The van der Waals surface area contributed by atoms with Crippen LogP contribution in [0, 0.1) is 0 Å². The minimum atomic E-state index is 0.302. The largest absolute Gasteiger partial charge is 0.377 e. The van der Waals surface area contributed by atoms with Crippen molar-refractivity contribution in [2.24, 2.45) is 0 Å². The molecule has 1 aromatic rings. The summed E-state index contributed by atoms with van der Waals surface area (Å²) in [5.41, 5.74) is 0. The van der Waals surface area contributed by atoms with Gasteiger partial charge < -0.3 is 14.8 Å². The third-order valence-electron chi connectivity index (χ3n) is 2.44. The molecule has 0 radical (unpaired) electrons. The van der Waals surface area contributed by atoms with Gasteiger partial charge in [-0.15, -0.1) is 0 Å². The van der Waals surface area contributed by atoms with Crippen molar-refractivity contribution >= 4 is 5.82 Å². The lowest BCUT2D eigenvalue weighted by molar-refractivity contribution is 0.0206. The van der Waals surface area contributed by atoms with Gasteiger partial charge in [0.2, 0.25) is 0 Å². The summed E-state index contributed by atoms with van der Waals surface area (Å²) in [5.74, 6) is 0.781. The number of nitrogens with one attached hydrogen (secondary N) is 1. The van der Waals surface area contributed by atoms with E-state index in [0.29, 0.717) is 19.3 Å². The number of aromatic nitrogens is 2. The highest BCUT2D eigenvalue weighted by molar-refractivity contribution is 5.29. The van der Waals surface area contributed by atoms with Crippen molar-refractivity contribution in [3.63, 3.8) is 0 Å². The molecule has 1 fully saturated rings. The van der Waals surface area contributed by atoms with Crippen molar-refractivity contribution < 1.29 is 9.47 Å². The van der Waals surface area contributed by atoms with E-state index in [-0.39, 0.29) is 0 Å². The number of rotatable bonds is 6. The van der Waals surface area contributed by atoms with Crippen molar-refractivity contribution in [2.45, 2.75) is 18.9 Å². The zero-order chi connectivity index (χ0) is 11.1. The molecule has 0 aromatic carbocycles. The van der Waals surface area contributed by atoms with E-state index in [1.807, 2.05) is 0 Å². The molecule has 0 spiro atoms. The van der Waals surface area contributed by atoms with Crippen LogP contribution in [0.25, 0.3) is 0 Å². The smallest absolute Gasteiger partial charge is 0.144 e. The summed E-state index contributed by atoms with van der Waals surface area (Å²) >= 11 is 0. The zero-order valence-electron chi connectivity index (χ0n) is 9.26. The standard InChI is InChI=1S/C11H17N3O2/c1-2-10(16-6-1)9-15-7-5-14-11-8-12-3-4-13-11/h3-4,8,10H,1-2,5-7,9H2,(H,13,14). The van der Waals surface area contributed by atoms with Crippen molar-refractivity contribution in [2.75, 3.05) is 31.7 Å². The fourth-order valence-electron chi connectivity index (χ4n) is 1.63. The van der Waals surface area contributed by atoms with E-state index in [1.165, 1.54) is 0 Å². The Hall–Kier alpha value is -1.20. The van der Waals surface area contributed by atoms with Crippen LogP contribution in [0.3, 0.4) is 0 Å². The van der Waals surface area contributed by atoms with E-state index in [1.54, 1.807) is 18.6 Å². The van der Waals surface area contributed by atoms with Crippen LogP contribution >= 0.6 is 0 Å². The lowest BCUT2D eigenvalue weighted by Gasteiger charge is -2.10. The molecule has 1 atom stereocenters. The summed E-state index contributed by atoms with van der Waals surface area (Å²) in [4.78, 5) is 8.06. The molecule has 1 saturated heterocycles. The quantitative estimate of drug-likeness (QED) is 0.731. The predicted octanol–water partition coefficient (Wildman–Crippen LogP) is 1.08. The van der Waals surface area contributed by atoms with Crippen molar-refractivity contribution in [1.82, 2.24) is 9.97 Å². The topological polar surface area (TPSA) is 56.3 Å². The van der Waals surface area contributed by atoms with Crippen LogP contribution in [0.1, 0.15) is 12.8 Å². The third kappa shape index (κ3) is 3.75. The fourth-order valence-corrected chi connectivity index (χ4v) is 1.63. The lowest BCUT2D eigenvalue weighted by atomic mass is 10.2. The summed E-state index contributed by atoms with van der Waals surface area (Å²) in [7, 11) is 0. The van der Waals surface area contributed by atoms with Gasteiger partial charge in [-0.1, -0.05) is 0 Å².